The van der Waals surface area contributed by atoms with Crippen molar-refractivity contribution in [2.75, 3.05) is 13.1 Å². The number of hydrogen-bond acceptors (Lipinski definition) is 4. The minimum atomic E-state index is 0. The van der Waals surface area contributed by atoms with Gasteiger partial charge in [-0.3, -0.25) is 0 Å². The fraction of sp³-hybridized carbons (Fsp3) is 0.833. The van der Waals surface area contributed by atoms with E-state index in [2.05, 4.69) is 74.2 Å². The van der Waals surface area contributed by atoms with Crippen molar-refractivity contribution in [3.8, 4) is 0 Å². The zero-order chi connectivity index (χ0) is 14.2. The van der Waals surface area contributed by atoms with Crippen molar-refractivity contribution in [3.05, 3.63) is 0 Å². The Morgan fingerprint density at radius 1 is 0.789 bits per heavy atom. The molecular formula is C12H24CuN2S4. The van der Waals surface area contributed by atoms with Crippen LogP contribution in [0.4, 0.5) is 0 Å². The van der Waals surface area contributed by atoms with E-state index in [-0.39, 0.29) is 17.1 Å². The van der Waals surface area contributed by atoms with E-state index >= 15 is 0 Å². The number of nitrogens with one attached hydrogen (secondary N) is 2. The van der Waals surface area contributed by atoms with Crippen LogP contribution in [0.15, 0.2) is 0 Å². The maximum absolute atomic E-state index is 4.65. The van der Waals surface area contributed by atoms with E-state index in [1.165, 1.54) is 38.5 Å². The van der Waals surface area contributed by atoms with Crippen LogP contribution in [0, 0.1) is 0 Å². The molecule has 0 rings (SSSR count). The van der Waals surface area contributed by atoms with E-state index in [0.29, 0.717) is 8.64 Å². The second-order valence-corrected chi connectivity index (χ2v) is 5.99. The Hall–Kier alpha value is 0.739. The normalized spacial score (nSPS) is 8.53. The Labute approximate surface area is 150 Å². The molecule has 0 aromatic rings. The standard InChI is InChI=1S/2C6H13NS2.Cu/c2*1-2-3-4-5-7-6(8)9;/h2*2-5H2,1H3,(H2,7,8,9);/q;;+2/p-2. The average molecular weight is 388 g/mol. The predicted molar refractivity (Wildman–Crippen MR) is 95.0 cm³/mol. The molecule has 0 heterocycles. The van der Waals surface area contributed by atoms with Gasteiger partial charge in [-0.1, -0.05) is 48.2 Å². The van der Waals surface area contributed by atoms with Crippen molar-refractivity contribution in [2.45, 2.75) is 52.4 Å². The molecule has 0 aliphatic carbocycles. The van der Waals surface area contributed by atoms with Gasteiger partial charge in [0.2, 0.25) is 0 Å². The van der Waals surface area contributed by atoms with Crippen LogP contribution in [0.2, 0.25) is 0 Å². The molecule has 0 fully saturated rings. The van der Waals surface area contributed by atoms with Crippen molar-refractivity contribution >= 4 is 58.3 Å². The first-order valence-corrected chi connectivity index (χ1v) is 8.07. The third-order valence-corrected chi connectivity index (χ3v) is 2.68. The van der Waals surface area contributed by atoms with E-state index in [0.717, 1.165) is 13.1 Å². The van der Waals surface area contributed by atoms with Crippen molar-refractivity contribution < 1.29 is 17.1 Å². The summed E-state index contributed by atoms with van der Waals surface area (Å²) in [6.07, 6.45) is 7.34. The van der Waals surface area contributed by atoms with Crippen LogP contribution in [0.1, 0.15) is 52.4 Å². The maximum Gasteiger partial charge on any atom is 2.00 e. The smallest absolute Gasteiger partial charge is 0.412 e. The van der Waals surface area contributed by atoms with Gasteiger partial charge in [-0.05, 0) is 12.8 Å². The topological polar surface area (TPSA) is 24.1 Å². The van der Waals surface area contributed by atoms with Gasteiger partial charge in [0.15, 0.2) is 0 Å². The van der Waals surface area contributed by atoms with Gasteiger partial charge in [0.1, 0.15) is 0 Å². The van der Waals surface area contributed by atoms with Gasteiger partial charge in [-0.15, -0.1) is 0 Å². The van der Waals surface area contributed by atoms with Crippen LogP contribution < -0.4 is 10.6 Å². The zero-order valence-corrected chi connectivity index (χ0v) is 15.8. The molecule has 1 radical (unpaired) electrons. The molecule has 0 saturated heterocycles. The first-order valence-electron chi connectivity index (χ1n) is 6.44. The van der Waals surface area contributed by atoms with Crippen molar-refractivity contribution in [3.63, 3.8) is 0 Å². The average Bonchev–Trinajstić information content (AvgIpc) is 2.31. The number of rotatable bonds is 8. The zero-order valence-electron chi connectivity index (χ0n) is 11.6. The van der Waals surface area contributed by atoms with Crippen LogP contribution in [-0.4, -0.2) is 21.7 Å². The molecule has 0 unspecified atom stereocenters. The maximum atomic E-state index is 4.65. The second kappa shape index (κ2) is 21.0. The summed E-state index contributed by atoms with van der Waals surface area (Å²) < 4.78 is 0.984. The van der Waals surface area contributed by atoms with Crippen molar-refractivity contribution in [1.82, 2.24) is 10.6 Å². The molecule has 0 aliphatic rings. The molecule has 0 amide bonds. The third-order valence-electron chi connectivity index (χ3n) is 2.10. The molecule has 2 N–H and O–H groups in total. The molecule has 117 valence electrons. The Balaban J connectivity index is -0.000000256. The van der Waals surface area contributed by atoms with Crippen LogP contribution in [-0.2, 0) is 42.3 Å². The summed E-state index contributed by atoms with van der Waals surface area (Å²) in [6.45, 7) is 6.23. The molecule has 0 bridgehead atoms. The SMILES string of the molecule is CCCCCNC(=S)[S-].CCCCCNC(=S)[S-].[Cu+2]. The number of hydrogen-bond donors (Lipinski definition) is 2. The Morgan fingerprint density at radius 2 is 1.11 bits per heavy atom. The van der Waals surface area contributed by atoms with Gasteiger partial charge in [0.05, 0.1) is 0 Å². The van der Waals surface area contributed by atoms with Gasteiger partial charge in [0.25, 0.3) is 0 Å². The van der Waals surface area contributed by atoms with E-state index in [9.17, 15) is 0 Å². The molecule has 7 heteroatoms. The van der Waals surface area contributed by atoms with Gasteiger partial charge < -0.3 is 60.3 Å². The second-order valence-electron chi connectivity index (χ2n) is 3.84. The van der Waals surface area contributed by atoms with Crippen LogP contribution in [0.3, 0.4) is 0 Å². The van der Waals surface area contributed by atoms with Gasteiger partial charge in [-0.25, -0.2) is 0 Å². The first kappa shape index (κ1) is 24.7. The van der Waals surface area contributed by atoms with Crippen molar-refractivity contribution in [1.29, 1.82) is 0 Å². The summed E-state index contributed by atoms with van der Waals surface area (Å²) in [6, 6.07) is 0. The summed E-state index contributed by atoms with van der Waals surface area (Å²) in [7, 11) is 0. The number of unbranched alkanes of at least 4 members (excludes halogenated alkanes) is 4. The molecule has 19 heavy (non-hydrogen) atoms. The fourth-order valence-electron chi connectivity index (χ4n) is 1.13. The summed E-state index contributed by atoms with van der Waals surface area (Å²) >= 11 is 18.6. The Bertz CT molecular complexity index is 194. The molecule has 0 aromatic carbocycles. The monoisotopic (exact) mass is 387 g/mol. The van der Waals surface area contributed by atoms with E-state index in [1.807, 2.05) is 0 Å². The molecular weight excluding hydrogens is 364 g/mol. The molecule has 0 aromatic heterocycles. The van der Waals surface area contributed by atoms with Gasteiger partial charge >= 0.3 is 17.1 Å². The van der Waals surface area contributed by atoms with Crippen LogP contribution in [0.25, 0.3) is 0 Å². The largest absolute Gasteiger partial charge is 2.00 e. The van der Waals surface area contributed by atoms with E-state index < -0.39 is 0 Å². The van der Waals surface area contributed by atoms with Gasteiger partial charge in [0, 0.05) is 13.1 Å². The van der Waals surface area contributed by atoms with Crippen molar-refractivity contribution in [2.24, 2.45) is 0 Å². The van der Waals surface area contributed by atoms with Crippen LogP contribution >= 0.6 is 24.4 Å². The van der Waals surface area contributed by atoms with E-state index in [4.69, 9.17) is 0 Å². The van der Waals surface area contributed by atoms with Crippen LogP contribution in [0.5, 0.6) is 0 Å². The minimum Gasteiger partial charge on any atom is -0.412 e. The van der Waals surface area contributed by atoms with E-state index in [1.54, 1.807) is 0 Å². The molecule has 0 saturated carbocycles. The summed E-state index contributed by atoms with van der Waals surface area (Å²) in [5, 5.41) is 5.85. The third kappa shape index (κ3) is 32.4. The first-order chi connectivity index (χ1) is 8.54. The number of thiocarbonyl (C=S) groups is 2. The van der Waals surface area contributed by atoms with Gasteiger partial charge in [-0.2, -0.15) is 0 Å². The minimum absolute atomic E-state index is 0. The fourth-order valence-corrected chi connectivity index (χ4v) is 1.54. The summed E-state index contributed by atoms with van der Waals surface area (Å²) in [4.78, 5) is 0. The quantitative estimate of drug-likeness (QED) is 0.287. The molecule has 0 aliphatic heterocycles. The predicted octanol–water partition coefficient (Wildman–Crippen LogP) is 3.19. The Kier molecular flexibility index (Phi) is 27.4. The Morgan fingerprint density at radius 3 is 1.32 bits per heavy atom. The molecule has 2 nitrogen and oxygen atoms in total. The summed E-state index contributed by atoms with van der Waals surface area (Å²) in [5.41, 5.74) is 0. The molecule has 0 spiro atoms. The summed E-state index contributed by atoms with van der Waals surface area (Å²) in [5.74, 6) is 0. The molecule has 0 atom stereocenters.